The van der Waals surface area contributed by atoms with Gasteiger partial charge in [0.15, 0.2) is 9.84 Å². The lowest BCUT2D eigenvalue weighted by Crippen LogP contribution is -2.47. The first kappa shape index (κ1) is 17.4. The summed E-state index contributed by atoms with van der Waals surface area (Å²) in [6, 6.07) is -0.0569. The molecule has 1 heterocycles. The van der Waals surface area contributed by atoms with E-state index in [1.807, 2.05) is 23.9 Å². The van der Waals surface area contributed by atoms with E-state index < -0.39 is 21.2 Å². The second-order valence-corrected chi connectivity index (χ2v) is 8.75. The largest absolute Gasteiger partial charge is 0.481 e. The lowest BCUT2D eigenvalue weighted by molar-refractivity contribution is -0.148. The van der Waals surface area contributed by atoms with Crippen molar-refractivity contribution >= 4 is 15.8 Å². The highest BCUT2D eigenvalue weighted by Crippen LogP contribution is 2.23. The van der Waals surface area contributed by atoms with Crippen LogP contribution < -0.4 is 0 Å². The third kappa shape index (κ3) is 5.03. The lowest BCUT2D eigenvalue weighted by atomic mass is 9.92. The Morgan fingerprint density at radius 1 is 1.30 bits per heavy atom. The van der Waals surface area contributed by atoms with Crippen LogP contribution in [0.25, 0.3) is 0 Å². The molecule has 1 rings (SSSR count). The summed E-state index contributed by atoms with van der Waals surface area (Å²) in [6.07, 6.45) is 0.603. The molecule has 0 bridgehead atoms. The molecule has 1 aliphatic heterocycles. The van der Waals surface area contributed by atoms with Gasteiger partial charge in [-0.15, -0.1) is 0 Å². The summed E-state index contributed by atoms with van der Waals surface area (Å²) in [6.45, 7) is 5.20. The number of carboxylic acids is 1. The first-order valence-corrected chi connectivity index (χ1v) is 8.68. The molecule has 7 heteroatoms. The molecule has 20 heavy (non-hydrogen) atoms. The van der Waals surface area contributed by atoms with Gasteiger partial charge >= 0.3 is 5.97 Å². The molecule has 1 N–H and O–H groups in total. The zero-order valence-electron chi connectivity index (χ0n) is 12.8. The van der Waals surface area contributed by atoms with E-state index in [4.69, 9.17) is 0 Å². The van der Waals surface area contributed by atoms with Crippen LogP contribution in [-0.4, -0.2) is 80.6 Å². The minimum atomic E-state index is -2.96. The molecular formula is C13H26N2O4S. The van der Waals surface area contributed by atoms with Crippen LogP contribution in [0.1, 0.15) is 20.3 Å². The Hall–Kier alpha value is -0.660. The minimum absolute atomic E-state index is 0.0569. The maximum absolute atomic E-state index is 11.6. The number of hydrogen-bond acceptors (Lipinski definition) is 5. The van der Waals surface area contributed by atoms with Gasteiger partial charge in [0, 0.05) is 25.7 Å². The van der Waals surface area contributed by atoms with Gasteiger partial charge in [-0.3, -0.25) is 9.69 Å². The standard InChI is InChI=1S/C13H26N2O4S/c1-13(2,12(16)17)10-15(7-6-14(3)4)11-5-8-20(18,19)9-11/h11H,5-10H2,1-4H3,(H,16,17). The monoisotopic (exact) mass is 306 g/mol. The van der Waals surface area contributed by atoms with Crippen molar-refractivity contribution in [1.82, 2.24) is 9.80 Å². The van der Waals surface area contributed by atoms with Gasteiger partial charge < -0.3 is 10.0 Å². The van der Waals surface area contributed by atoms with Crippen molar-refractivity contribution in [2.75, 3.05) is 45.2 Å². The van der Waals surface area contributed by atoms with Gasteiger partial charge in [-0.2, -0.15) is 0 Å². The smallest absolute Gasteiger partial charge is 0.310 e. The number of likely N-dealkylation sites (N-methyl/N-ethyl adjacent to an activating group) is 1. The van der Waals surface area contributed by atoms with Crippen LogP contribution in [0.4, 0.5) is 0 Å². The molecule has 118 valence electrons. The van der Waals surface area contributed by atoms with Gasteiger partial charge in [-0.1, -0.05) is 0 Å². The Balaban J connectivity index is 2.78. The molecule has 0 aromatic rings. The summed E-state index contributed by atoms with van der Waals surface area (Å²) in [5.74, 6) is -0.493. The predicted octanol–water partition coefficient (Wildman–Crippen LogP) is 0.148. The van der Waals surface area contributed by atoms with Crippen molar-refractivity contribution in [2.24, 2.45) is 5.41 Å². The fourth-order valence-corrected chi connectivity index (χ4v) is 4.12. The Bertz CT molecular complexity index is 445. The summed E-state index contributed by atoms with van der Waals surface area (Å²) >= 11 is 0. The summed E-state index contributed by atoms with van der Waals surface area (Å²) in [4.78, 5) is 15.3. The van der Waals surface area contributed by atoms with Crippen LogP contribution in [0.5, 0.6) is 0 Å². The molecule has 1 saturated heterocycles. The Morgan fingerprint density at radius 3 is 2.30 bits per heavy atom. The number of nitrogens with zero attached hydrogens (tertiary/aromatic N) is 2. The molecule has 1 unspecified atom stereocenters. The van der Waals surface area contributed by atoms with Crippen molar-refractivity contribution in [3.05, 3.63) is 0 Å². The highest BCUT2D eigenvalue weighted by atomic mass is 32.2. The van der Waals surface area contributed by atoms with Gasteiger partial charge in [-0.25, -0.2) is 8.42 Å². The van der Waals surface area contributed by atoms with E-state index in [1.165, 1.54) is 0 Å². The number of carbonyl (C=O) groups is 1. The van der Waals surface area contributed by atoms with Gasteiger partial charge in [0.1, 0.15) is 0 Å². The van der Waals surface area contributed by atoms with E-state index in [1.54, 1.807) is 13.8 Å². The van der Waals surface area contributed by atoms with Crippen LogP contribution in [0.2, 0.25) is 0 Å². The summed E-state index contributed by atoms with van der Waals surface area (Å²) in [7, 11) is 0.943. The number of rotatable bonds is 7. The third-order valence-corrected chi connectivity index (χ3v) is 5.49. The van der Waals surface area contributed by atoms with E-state index in [-0.39, 0.29) is 17.5 Å². The Kier molecular flexibility index (Phi) is 5.57. The molecule has 0 spiro atoms. The highest BCUT2D eigenvalue weighted by Gasteiger charge is 2.37. The van der Waals surface area contributed by atoms with Crippen LogP contribution in [-0.2, 0) is 14.6 Å². The summed E-state index contributed by atoms with van der Waals surface area (Å²) in [5, 5.41) is 9.26. The Labute approximate surface area is 121 Å². The molecule has 0 amide bonds. The van der Waals surface area contributed by atoms with Crippen molar-refractivity contribution in [1.29, 1.82) is 0 Å². The van der Waals surface area contributed by atoms with Crippen molar-refractivity contribution in [3.8, 4) is 0 Å². The number of carboxylic acid groups (broad SMARTS) is 1. The van der Waals surface area contributed by atoms with E-state index in [0.717, 1.165) is 6.54 Å². The molecule has 0 aromatic carbocycles. The second-order valence-electron chi connectivity index (χ2n) is 6.52. The number of sulfone groups is 1. The van der Waals surface area contributed by atoms with Gasteiger partial charge in [0.25, 0.3) is 0 Å². The second kappa shape index (κ2) is 6.41. The molecule has 1 atom stereocenters. The summed E-state index contributed by atoms with van der Waals surface area (Å²) < 4.78 is 23.3. The fourth-order valence-electron chi connectivity index (χ4n) is 2.36. The molecular weight excluding hydrogens is 280 g/mol. The maximum Gasteiger partial charge on any atom is 0.310 e. The Morgan fingerprint density at radius 2 is 1.90 bits per heavy atom. The van der Waals surface area contributed by atoms with E-state index in [9.17, 15) is 18.3 Å². The zero-order valence-corrected chi connectivity index (χ0v) is 13.6. The number of aliphatic carboxylic acids is 1. The molecule has 1 aliphatic rings. The minimum Gasteiger partial charge on any atom is -0.481 e. The van der Waals surface area contributed by atoms with E-state index in [2.05, 4.69) is 0 Å². The van der Waals surface area contributed by atoms with E-state index in [0.29, 0.717) is 19.5 Å². The average molecular weight is 306 g/mol. The maximum atomic E-state index is 11.6. The molecule has 0 radical (unpaired) electrons. The van der Waals surface area contributed by atoms with Crippen molar-refractivity contribution in [2.45, 2.75) is 26.3 Å². The topological polar surface area (TPSA) is 77.9 Å². The highest BCUT2D eigenvalue weighted by molar-refractivity contribution is 7.91. The normalized spacial score (nSPS) is 22.6. The molecule has 0 aromatic heterocycles. The lowest BCUT2D eigenvalue weighted by Gasteiger charge is -2.34. The van der Waals surface area contributed by atoms with Gasteiger partial charge in [0.05, 0.1) is 16.9 Å². The molecule has 1 fully saturated rings. The van der Waals surface area contributed by atoms with Gasteiger partial charge in [-0.05, 0) is 34.4 Å². The van der Waals surface area contributed by atoms with Crippen LogP contribution >= 0.6 is 0 Å². The van der Waals surface area contributed by atoms with Crippen LogP contribution in [0.3, 0.4) is 0 Å². The van der Waals surface area contributed by atoms with Gasteiger partial charge in [0.2, 0.25) is 0 Å². The van der Waals surface area contributed by atoms with E-state index >= 15 is 0 Å². The first-order chi connectivity index (χ1) is 9.03. The fraction of sp³-hybridized carbons (Fsp3) is 0.923. The van der Waals surface area contributed by atoms with Crippen molar-refractivity contribution < 1.29 is 18.3 Å². The van der Waals surface area contributed by atoms with Crippen molar-refractivity contribution in [3.63, 3.8) is 0 Å². The predicted molar refractivity (Wildman–Crippen MR) is 78.6 cm³/mol. The molecule has 0 aliphatic carbocycles. The third-order valence-electron chi connectivity index (χ3n) is 3.74. The van der Waals surface area contributed by atoms with Crippen LogP contribution in [0, 0.1) is 5.41 Å². The number of hydrogen-bond donors (Lipinski definition) is 1. The quantitative estimate of drug-likeness (QED) is 0.721. The zero-order chi connectivity index (χ0) is 15.6. The van der Waals surface area contributed by atoms with Crippen LogP contribution in [0.15, 0.2) is 0 Å². The molecule has 6 nitrogen and oxygen atoms in total. The average Bonchev–Trinajstić information content (AvgIpc) is 2.64. The molecule has 0 saturated carbocycles. The summed E-state index contributed by atoms with van der Waals surface area (Å²) in [5.41, 5.74) is -0.876. The first-order valence-electron chi connectivity index (χ1n) is 6.86. The SMILES string of the molecule is CN(C)CCN(CC(C)(C)C(=O)O)C1CCS(=O)(=O)C1.